The summed E-state index contributed by atoms with van der Waals surface area (Å²) >= 11 is 0. The van der Waals surface area contributed by atoms with Crippen molar-refractivity contribution in [3.05, 3.63) is 35.4 Å². The second-order valence-corrected chi connectivity index (χ2v) is 7.44. The first-order valence-electron chi connectivity index (χ1n) is 9.41. The highest BCUT2D eigenvalue weighted by Gasteiger charge is 2.27. The highest BCUT2D eigenvalue weighted by atomic mass is 16.5. The number of rotatable bonds is 7. The summed E-state index contributed by atoms with van der Waals surface area (Å²) in [5.41, 5.74) is 3.96. The zero-order chi connectivity index (χ0) is 19.4. The fraction of sp³-hybridized carbons (Fsp3) is 0.476. The van der Waals surface area contributed by atoms with E-state index in [0.717, 1.165) is 41.0 Å². The molecule has 0 radical (unpaired) electrons. The van der Waals surface area contributed by atoms with E-state index in [4.69, 9.17) is 9.47 Å². The van der Waals surface area contributed by atoms with Gasteiger partial charge < -0.3 is 14.8 Å². The minimum atomic E-state index is -0.0604. The number of carbonyl (C=O) groups is 1. The Kier molecular flexibility index (Phi) is 5.94. The first kappa shape index (κ1) is 19.1. The van der Waals surface area contributed by atoms with Gasteiger partial charge in [-0.3, -0.25) is 4.79 Å². The third-order valence-corrected chi connectivity index (χ3v) is 4.64. The number of aromatic nitrogens is 2. The van der Waals surface area contributed by atoms with E-state index in [1.54, 1.807) is 13.2 Å². The van der Waals surface area contributed by atoms with Crippen LogP contribution < -0.4 is 14.8 Å². The average molecular weight is 369 g/mol. The maximum Gasteiger partial charge on any atom is 0.233 e. The van der Waals surface area contributed by atoms with E-state index in [1.807, 2.05) is 6.07 Å². The van der Waals surface area contributed by atoms with Crippen LogP contribution in [0.2, 0.25) is 0 Å². The minimum Gasteiger partial charge on any atom is -0.487 e. The summed E-state index contributed by atoms with van der Waals surface area (Å²) in [5, 5.41) is 11.3. The Labute approximate surface area is 160 Å². The van der Waals surface area contributed by atoms with E-state index in [0.29, 0.717) is 24.8 Å². The number of benzene rings is 1. The van der Waals surface area contributed by atoms with E-state index in [9.17, 15) is 4.79 Å². The van der Waals surface area contributed by atoms with Gasteiger partial charge in [-0.25, -0.2) is 0 Å². The standard InChI is InChI=1S/C21H27N3O3/c1-13(2)5-7-19(25)22-12-16-11-15-9-14(3)10-17(21(15)27-16)18-6-8-20(26-4)24-23-18/h6,8-10,13,16H,5,7,11-12H2,1-4H3,(H,22,25). The van der Waals surface area contributed by atoms with Crippen LogP contribution in [-0.2, 0) is 11.2 Å². The van der Waals surface area contributed by atoms with Crippen molar-refractivity contribution in [3.8, 4) is 22.9 Å². The lowest BCUT2D eigenvalue weighted by atomic mass is 10.0. The summed E-state index contributed by atoms with van der Waals surface area (Å²) in [4.78, 5) is 12.0. The van der Waals surface area contributed by atoms with E-state index >= 15 is 0 Å². The zero-order valence-corrected chi connectivity index (χ0v) is 16.4. The molecule has 0 fully saturated rings. The minimum absolute atomic E-state index is 0.0604. The maximum atomic E-state index is 12.0. The average Bonchev–Trinajstić information content (AvgIpc) is 3.06. The van der Waals surface area contributed by atoms with Crippen LogP contribution in [0.3, 0.4) is 0 Å². The molecule has 1 N–H and O–H groups in total. The molecule has 1 aliphatic rings. The molecule has 1 aromatic heterocycles. The molecule has 6 nitrogen and oxygen atoms in total. The Morgan fingerprint density at radius 3 is 2.81 bits per heavy atom. The molecule has 3 rings (SSSR count). The molecule has 1 unspecified atom stereocenters. The van der Waals surface area contributed by atoms with Crippen LogP contribution in [0, 0.1) is 12.8 Å². The van der Waals surface area contributed by atoms with Crippen LogP contribution in [-0.4, -0.2) is 35.9 Å². The molecule has 27 heavy (non-hydrogen) atoms. The van der Waals surface area contributed by atoms with Crippen LogP contribution in [0.15, 0.2) is 24.3 Å². The molecule has 0 spiro atoms. The Hall–Kier alpha value is -2.63. The van der Waals surface area contributed by atoms with Gasteiger partial charge in [-0.05, 0) is 42.5 Å². The molecular formula is C21H27N3O3. The third-order valence-electron chi connectivity index (χ3n) is 4.64. The second-order valence-electron chi connectivity index (χ2n) is 7.44. The van der Waals surface area contributed by atoms with Gasteiger partial charge in [0.05, 0.1) is 19.3 Å². The summed E-state index contributed by atoms with van der Waals surface area (Å²) in [6.07, 6.45) is 2.17. The topological polar surface area (TPSA) is 73.3 Å². The number of nitrogens with zero attached hydrogens (tertiary/aromatic N) is 2. The van der Waals surface area contributed by atoms with Crippen molar-refractivity contribution in [2.45, 2.75) is 46.1 Å². The van der Waals surface area contributed by atoms with Crippen molar-refractivity contribution >= 4 is 5.91 Å². The van der Waals surface area contributed by atoms with Gasteiger partial charge in [-0.2, -0.15) is 0 Å². The molecule has 1 amide bonds. The molecule has 0 aliphatic carbocycles. The fourth-order valence-electron chi connectivity index (χ4n) is 3.21. The van der Waals surface area contributed by atoms with Gasteiger partial charge in [0.25, 0.3) is 0 Å². The third kappa shape index (κ3) is 4.76. The summed E-state index contributed by atoms with van der Waals surface area (Å²) in [5.74, 6) is 1.92. The van der Waals surface area contributed by atoms with Gasteiger partial charge in [-0.1, -0.05) is 19.9 Å². The van der Waals surface area contributed by atoms with Crippen molar-refractivity contribution in [1.29, 1.82) is 0 Å². The molecule has 6 heteroatoms. The van der Waals surface area contributed by atoms with Crippen molar-refractivity contribution in [1.82, 2.24) is 15.5 Å². The van der Waals surface area contributed by atoms with Crippen LogP contribution in [0.25, 0.3) is 11.3 Å². The van der Waals surface area contributed by atoms with Crippen LogP contribution in [0.4, 0.5) is 0 Å². The highest BCUT2D eigenvalue weighted by molar-refractivity contribution is 5.76. The number of carbonyl (C=O) groups excluding carboxylic acids is 1. The van der Waals surface area contributed by atoms with Gasteiger partial charge >= 0.3 is 0 Å². The van der Waals surface area contributed by atoms with Crippen LogP contribution in [0.5, 0.6) is 11.6 Å². The lowest BCUT2D eigenvalue weighted by Gasteiger charge is -2.14. The molecule has 2 heterocycles. The zero-order valence-electron chi connectivity index (χ0n) is 16.4. The van der Waals surface area contributed by atoms with E-state index in [-0.39, 0.29) is 12.0 Å². The van der Waals surface area contributed by atoms with Gasteiger partial charge in [0.2, 0.25) is 11.8 Å². The normalized spacial score (nSPS) is 15.4. The number of fused-ring (bicyclic) bond motifs is 1. The molecule has 1 atom stereocenters. The number of methoxy groups -OCH3 is 1. The maximum absolute atomic E-state index is 12.0. The molecule has 0 bridgehead atoms. The quantitative estimate of drug-likeness (QED) is 0.810. The summed E-state index contributed by atoms with van der Waals surface area (Å²) in [6.45, 7) is 6.81. The monoisotopic (exact) mass is 369 g/mol. The SMILES string of the molecule is COc1ccc(-c2cc(C)cc3c2OC(CNC(=O)CCC(C)C)C3)nn1. The van der Waals surface area contributed by atoms with Gasteiger partial charge in [0.1, 0.15) is 11.9 Å². The Bertz CT molecular complexity index is 803. The molecular weight excluding hydrogens is 342 g/mol. The molecule has 1 aromatic carbocycles. The number of ether oxygens (including phenoxy) is 2. The molecule has 0 saturated carbocycles. The number of nitrogens with one attached hydrogen (secondary N) is 1. The number of amides is 1. The Morgan fingerprint density at radius 2 is 2.15 bits per heavy atom. The second kappa shape index (κ2) is 8.37. The van der Waals surface area contributed by atoms with E-state index in [2.05, 4.69) is 48.4 Å². The molecule has 1 aliphatic heterocycles. The van der Waals surface area contributed by atoms with E-state index in [1.165, 1.54) is 0 Å². The van der Waals surface area contributed by atoms with Gasteiger partial charge in [-0.15, -0.1) is 10.2 Å². The lowest BCUT2D eigenvalue weighted by molar-refractivity contribution is -0.121. The summed E-state index contributed by atoms with van der Waals surface area (Å²) in [6, 6.07) is 7.86. The number of hydrogen-bond acceptors (Lipinski definition) is 5. The van der Waals surface area contributed by atoms with Crippen molar-refractivity contribution in [2.75, 3.05) is 13.7 Å². The van der Waals surface area contributed by atoms with Gasteiger partial charge in [0, 0.05) is 24.5 Å². The predicted molar refractivity (Wildman–Crippen MR) is 104 cm³/mol. The molecule has 2 aromatic rings. The number of hydrogen-bond donors (Lipinski definition) is 1. The first-order chi connectivity index (χ1) is 13.0. The highest BCUT2D eigenvalue weighted by Crippen LogP contribution is 2.39. The molecule has 144 valence electrons. The largest absolute Gasteiger partial charge is 0.487 e. The van der Waals surface area contributed by atoms with Crippen molar-refractivity contribution in [2.24, 2.45) is 5.92 Å². The molecule has 0 saturated heterocycles. The predicted octanol–water partition coefficient (Wildman–Crippen LogP) is 3.32. The smallest absolute Gasteiger partial charge is 0.233 e. The Balaban J connectivity index is 1.70. The lowest BCUT2D eigenvalue weighted by Crippen LogP contribution is -2.34. The Morgan fingerprint density at radius 1 is 1.33 bits per heavy atom. The summed E-state index contributed by atoms with van der Waals surface area (Å²) in [7, 11) is 1.57. The number of aryl methyl sites for hydroxylation is 1. The van der Waals surface area contributed by atoms with E-state index < -0.39 is 0 Å². The fourth-order valence-corrected chi connectivity index (χ4v) is 3.21. The van der Waals surface area contributed by atoms with Crippen molar-refractivity contribution in [3.63, 3.8) is 0 Å². The summed E-state index contributed by atoms with van der Waals surface area (Å²) < 4.78 is 11.2. The van der Waals surface area contributed by atoms with Crippen LogP contribution >= 0.6 is 0 Å². The first-order valence-corrected chi connectivity index (χ1v) is 9.41. The van der Waals surface area contributed by atoms with Crippen LogP contribution in [0.1, 0.15) is 37.8 Å². The van der Waals surface area contributed by atoms with Crippen molar-refractivity contribution < 1.29 is 14.3 Å². The van der Waals surface area contributed by atoms with Gasteiger partial charge in [0.15, 0.2) is 0 Å².